The van der Waals surface area contributed by atoms with E-state index in [0.717, 1.165) is 5.69 Å². The van der Waals surface area contributed by atoms with Gasteiger partial charge < -0.3 is 10.6 Å². The Kier molecular flexibility index (Phi) is 3.42. The van der Waals surface area contributed by atoms with Crippen LogP contribution in [0.5, 0.6) is 0 Å². The summed E-state index contributed by atoms with van der Waals surface area (Å²) in [5.74, 6) is -1.71. The maximum absolute atomic E-state index is 13.2. The molecule has 0 fully saturated rings. The smallest absolute Gasteiger partial charge is 0.234 e. The van der Waals surface area contributed by atoms with Crippen molar-refractivity contribution in [2.24, 2.45) is 0 Å². The Labute approximate surface area is 124 Å². The van der Waals surface area contributed by atoms with E-state index in [4.69, 9.17) is 0 Å². The number of benzene rings is 1. The van der Waals surface area contributed by atoms with Gasteiger partial charge >= 0.3 is 0 Å². The van der Waals surface area contributed by atoms with Gasteiger partial charge in [-0.2, -0.15) is 0 Å². The van der Waals surface area contributed by atoms with Crippen LogP contribution >= 0.6 is 11.3 Å². The van der Waals surface area contributed by atoms with E-state index < -0.39 is 11.7 Å². The zero-order valence-corrected chi connectivity index (χ0v) is 12.0. The molecule has 1 aliphatic heterocycles. The average Bonchev–Trinajstić information content (AvgIpc) is 2.82. The quantitative estimate of drug-likeness (QED) is 0.896. The molecule has 0 spiro atoms. The van der Waals surface area contributed by atoms with Gasteiger partial charge in [0.2, 0.25) is 11.8 Å². The number of thiazole rings is 1. The summed E-state index contributed by atoms with van der Waals surface area (Å²) in [5.41, 5.74) is 1.78. The number of fused-ring (bicyclic) bond motifs is 1. The Hall–Kier alpha value is -2.28. The van der Waals surface area contributed by atoms with E-state index in [1.54, 1.807) is 0 Å². The number of hydrogen-bond donors (Lipinski definition) is 2. The van der Waals surface area contributed by atoms with Crippen molar-refractivity contribution in [1.82, 2.24) is 4.98 Å². The number of rotatable bonds is 2. The Morgan fingerprint density at radius 3 is 3.05 bits per heavy atom. The third-order valence-electron chi connectivity index (χ3n) is 3.22. The zero-order valence-electron chi connectivity index (χ0n) is 11.1. The van der Waals surface area contributed by atoms with Crippen LogP contribution in [-0.2, 0) is 9.59 Å². The number of carbonyl (C=O) groups excluding carboxylic acids is 2. The molecule has 2 aromatic rings. The molecule has 2 N–H and O–H groups in total. The summed E-state index contributed by atoms with van der Waals surface area (Å²) in [6.45, 7) is 1.83. The van der Waals surface area contributed by atoms with E-state index in [1.165, 1.54) is 29.5 Å². The van der Waals surface area contributed by atoms with Crippen molar-refractivity contribution < 1.29 is 14.0 Å². The van der Waals surface area contributed by atoms with Crippen LogP contribution in [-0.4, -0.2) is 16.8 Å². The summed E-state index contributed by atoms with van der Waals surface area (Å²) < 4.78 is 13.2. The highest BCUT2D eigenvalue weighted by molar-refractivity contribution is 7.13. The third-order valence-corrected chi connectivity index (χ3v) is 4.10. The Bertz CT molecular complexity index is 729. The van der Waals surface area contributed by atoms with Crippen LogP contribution in [0.15, 0.2) is 23.6 Å². The van der Waals surface area contributed by atoms with Crippen LogP contribution in [0.2, 0.25) is 0 Å². The number of halogens is 1. The summed E-state index contributed by atoms with van der Waals surface area (Å²) in [4.78, 5) is 28.2. The van der Waals surface area contributed by atoms with Gasteiger partial charge in [-0.25, -0.2) is 9.37 Å². The minimum atomic E-state index is -0.640. The van der Waals surface area contributed by atoms with Crippen molar-refractivity contribution in [2.75, 3.05) is 10.6 Å². The Balaban J connectivity index is 1.88. The molecule has 7 heteroatoms. The van der Waals surface area contributed by atoms with Crippen molar-refractivity contribution in [3.8, 4) is 0 Å². The van der Waals surface area contributed by atoms with E-state index in [1.807, 2.05) is 12.3 Å². The van der Waals surface area contributed by atoms with Gasteiger partial charge in [0.25, 0.3) is 0 Å². The summed E-state index contributed by atoms with van der Waals surface area (Å²) >= 11 is 1.32. The van der Waals surface area contributed by atoms with Crippen molar-refractivity contribution in [3.63, 3.8) is 0 Å². The maximum atomic E-state index is 13.2. The van der Waals surface area contributed by atoms with Crippen LogP contribution in [0.25, 0.3) is 0 Å². The second-order valence-corrected chi connectivity index (χ2v) is 5.68. The number of hydrogen-bond acceptors (Lipinski definition) is 4. The lowest BCUT2D eigenvalue weighted by Crippen LogP contribution is -2.30. The van der Waals surface area contributed by atoms with Gasteiger partial charge in [-0.3, -0.25) is 9.59 Å². The maximum Gasteiger partial charge on any atom is 0.234 e. The lowest BCUT2D eigenvalue weighted by atomic mass is 9.90. The number of nitrogens with zero attached hydrogens (tertiary/aromatic N) is 1. The highest BCUT2D eigenvalue weighted by Crippen LogP contribution is 2.33. The fourth-order valence-corrected chi connectivity index (χ4v) is 2.97. The molecule has 1 aliphatic rings. The number of amides is 2. The predicted octanol–water partition coefficient (Wildman–Crippen LogP) is 2.66. The first kappa shape index (κ1) is 13.7. The van der Waals surface area contributed by atoms with Crippen LogP contribution < -0.4 is 10.6 Å². The zero-order chi connectivity index (χ0) is 15.0. The van der Waals surface area contributed by atoms with Gasteiger partial charge in [0, 0.05) is 17.5 Å². The van der Waals surface area contributed by atoms with Crippen molar-refractivity contribution in [2.45, 2.75) is 19.3 Å². The fraction of sp³-hybridized carbons (Fsp3) is 0.214. The third kappa shape index (κ3) is 2.78. The molecule has 21 heavy (non-hydrogen) atoms. The molecule has 1 aromatic carbocycles. The minimum Gasteiger partial charge on any atom is -0.326 e. The first-order chi connectivity index (χ1) is 10.0. The van der Waals surface area contributed by atoms with Crippen molar-refractivity contribution >= 4 is 34.0 Å². The number of nitrogens with one attached hydrogen (secondary N) is 2. The summed E-state index contributed by atoms with van der Waals surface area (Å²) in [5, 5.41) is 7.60. The second kappa shape index (κ2) is 5.25. The largest absolute Gasteiger partial charge is 0.326 e. The molecule has 0 bridgehead atoms. The molecule has 0 radical (unpaired) electrons. The predicted molar refractivity (Wildman–Crippen MR) is 77.9 cm³/mol. The van der Waals surface area contributed by atoms with Gasteiger partial charge in [-0.1, -0.05) is 6.07 Å². The molecule has 5 nitrogen and oxygen atoms in total. The molecule has 1 aromatic heterocycles. The molecule has 0 aliphatic carbocycles. The number of carbonyl (C=O) groups is 2. The van der Waals surface area contributed by atoms with Crippen LogP contribution in [0, 0.1) is 12.7 Å². The normalized spacial score (nSPS) is 17.0. The van der Waals surface area contributed by atoms with Crippen LogP contribution in [0.4, 0.5) is 15.2 Å². The van der Waals surface area contributed by atoms with Crippen LogP contribution in [0.1, 0.15) is 23.6 Å². The monoisotopic (exact) mass is 305 g/mol. The van der Waals surface area contributed by atoms with E-state index >= 15 is 0 Å². The number of aromatic nitrogens is 1. The molecule has 3 rings (SSSR count). The summed E-state index contributed by atoms with van der Waals surface area (Å²) in [7, 11) is 0. The molecule has 2 amide bonds. The van der Waals surface area contributed by atoms with Crippen molar-refractivity contribution in [1.29, 1.82) is 0 Å². The molecule has 1 atom stereocenters. The number of aryl methyl sites for hydroxylation is 1. The van der Waals surface area contributed by atoms with Gasteiger partial charge in [0.1, 0.15) is 5.82 Å². The SMILES string of the molecule is Cc1csc(NC(=O)[C@@H]2CC(=O)Nc3cc(F)ccc32)n1. The molecular weight excluding hydrogens is 293 g/mol. The van der Waals surface area contributed by atoms with Gasteiger partial charge in [-0.05, 0) is 24.6 Å². The first-order valence-electron chi connectivity index (χ1n) is 6.35. The van der Waals surface area contributed by atoms with Gasteiger partial charge in [-0.15, -0.1) is 11.3 Å². The summed E-state index contributed by atoms with van der Waals surface area (Å²) in [6.07, 6.45) is 0.0365. The van der Waals surface area contributed by atoms with E-state index in [-0.39, 0.29) is 18.2 Å². The molecule has 0 unspecified atom stereocenters. The van der Waals surface area contributed by atoms with Gasteiger partial charge in [0.05, 0.1) is 11.6 Å². The van der Waals surface area contributed by atoms with E-state index in [0.29, 0.717) is 16.4 Å². The molecule has 0 saturated carbocycles. The molecule has 2 heterocycles. The lowest BCUT2D eigenvalue weighted by Gasteiger charge is -2.24. The molecule has 108 valence electrons. The van der Waals surface area contributed by atoms with Crippen molar-refractivity contribution in [3.05, 3.63) is 40.7 Å². The molecular formula is C14H12FN3O2S. The fourth-order valence-electron chi connectivity index (χ4n) is 2.28. The summed E-state index contributed by atoms with van der Waals surface area (Å²) in [6, 6.07) is 4.03. The van der Waals surface area contributed by atoms with Crippen LogP contribution in [0.3, 0.4) is 0 Å². The Morgan fingerprint density at radius 1 is 1.52 bits per heavy atom. The average molecular weight is 305 g/mol. The highest BCUT2D eigenvalue weighted by atomic mass is 32.1. The molecule has 0 saturated heterocycles. The number of anilines is 2. The first-order valence-corrected chi connectivity index (χ1v) is 7.23. The lowest BCUT2D eigenvalue weighted by molar-refractivity contribution is -0.123. The standard InChI is InChI=1S/C14H12FN3O2S/c1-7-6-21-14(16-7)18-13(20)10-5-12(19)17-11-4-8(15)2-3-9(10)11/h2-4,6,10H,5H2,1H3,(H,17,19)(H,16,18,20)/t10-/m1/s1. The minimum absolute atomic E-state index is 0.0365. The van der Waals surface area contributed by atoms with E-state index in [9.17, 15) is 14.0 Å². The van der Waals surface area contributed by atoms with E-state index in [2.05, 4.69) is 15.6 Å². The Morgan fingerprint density at radius 2 is 2.33 bits per heavy atom. The topological polar surface area (TPSA) is 71.1 Å². The van der Waals surface area contributed by atoms with Gasteiger partial charge in [0.15, 0.2) is 5.13 Å². The highest BCUT2D eigenvalue weighted by Gasteiger charge is 2.31. The second-order valence-electron chi connectivity index (χ2n) is 4.82.